The largest absolute Gasteiger partial charge is 0.456 e. The second kappa shape index (κ2) is 1.46. The van der Waals surface area contributed by atoms with E-state index in [2.05, 4.69) is 8.75 Å². The van der Waals surface area contributed by atoms with Crippen molar-refractivity contribution in [3.05, 3.63) is 0 Å². The van der Waals surface area contributed by atoms with Gasteiger partial charge in [0.2, 0.25) is 0 Å². The molecule has 1 aliphatic heterocycles. The Morgan fingerprint density at radius 2 is 2.29 bits per heavy atom. The molecule has 1 rings (SSSR count). The predicted molar refractivity (Wildman–Crippen MR) is 23.1 cm³/mol. The average molecular weight is 122 g/mol. The van der Waals surface area contributed by atoms with Crippen LogP contribution in [0.1, 0.15) is 0 Å². The lowest BCUT2D eigenvalue weighted by Gasteiger charge is -1.81. The normalized spacial score (nSPS) is 26.9. The first-order chi connectivity index (χ1) is 3.21. The molecule has 0 bridgehead atoms. The van der Waals surface area contributed by atoms with E-state index in [0.29, 0.717) is 0 Å². The molecule has 1 saturated heterocycles. The predicted octanol–water partition coefficient (Wildman–Crippen LogP) is -1.41. The van der Waals surface area contributed by atoms with Crippen LogP contribution in [0.15, 0.2) is 0 Å². The highest BCUT2D eigenvalue weighted by molar-refractivity contribution is 7.87. The van der Waals surface area contributed by atoms with E-state index in [-0.39, 0.29) is 13.6 Å². The molecule has 1 fully saturated rings. The van der Waals surface area contributed by atoms with Crippen LogP contribution in [0, 0.1) is 0 Å². The summed E-state index contributed by atoms with van der Waals surface area (Å²) in [5.41, 5.74) is 0. The Morgan fingerprint density at radius 1 is 1.57 bits per heavy atom. The molecule has 0 aromatic heterocycles. The zero-order valence-corrected chi connectivity index (χ0v) is 4.27. The van der Waals surface area contributed by atoms with Crippen LogP contribution in [-0.4, -0.2) is 22.0 Å². The first-order valence-corrected chi connectivity index (χ1v) is 3.23. The summed E-state index contributed by atoms with van der Waals surface area (Å²) >= 11 is 0. The quantitative estimate of drug-likeness (QED) is 0.370. The molecule has 7 heavy (non-hydrogen) atoms. The molecular weight excluding hydrogens is 119 g/mol. The summed E-state index contributed by atoms with van der Waals surface area (Å²) in [6.07, 6.45) is 0. The Hall–Kier alpha value is -0.0651. The smallest absolute Gasteiger partial charge is 0.397 e. The van der Waals surface area contributed by atoms with Crippen LogP contribution in [0.3, 0.4) is 0 Å². The van der Waals surface area contributed by atoms with E-state index in [0.717, 1.165) is 0 Å². The minimum absolute atomic E-state index is 0.123. The first kappa shape index (κ1) is 5.08. The van der Waals surface area contributed by atoms with E-state index in [9.17, 15) is 8.42 Å². The fraction of sp³-hybridized carbons (Fsp3) is 1.00. The maximum absolute atomic E-state index is 10.1. The summed E-state index contributed by atoms with van der Waals surface area (Å²) in [5.74, 6) is -0.299. The van der Waals surface area contributed by atoms with Crippen molar-refractivity contribution in [2.24, 2.45) is 0 Å². The molecular formula is CH3BO4S. The van der Waals surface area contributed by atoms with Gasteiger partial charge in [0.05, 0.1) is 0 Å². The van der Waals surface area contributed by atoms with Crippen LogP contribution in [0.5, 0.6) is 0 Å². The van der Waals surface area contributed by atoms with Crippen LogP contribution in [0.2, 0.25) is 0 Å². The van der Waals surface area contributed by atoms with Gasteiger partial charge in [0.1, 0.15) is 0 Å². The van der Waals surface area contributed by atoms with Crippen molar-refractivity contribution in [3.63, 3.8) is 0 Å². The second-order valence-corrected chi connectivity index (χ2v) is 2.70. The van der Waals surface area contributed by atoms with Gasteiger partial charge in [0, 0.05) is 0 Å². The number of rotatable bonds is 0. The second-order valence-electron chi connectivity index (χ2n) is 1.12. The highest BCUT2D eigenvalue weighted by atomic mass is 32.2. The zero-order chi connectivity index (χ0) is 5.33. The summed E-state index contributed by atoms with van der Waals surface area (Å²) in [6.45, 7) is 0. The van der Waals surface area contributed by atoms with Crippen LogP contribution in [0.25, 0.3) is 0 Å². The third-order valence-corrected chi connectivity index (χ3v) is 1.45. The lowest BCUT2D eigenvalue weighted by molar-refractivity contribution is 0.402. The third-order valence-electron chi connectivity index (χ3n) is 0.539. The van der Waals surface area contributed by atoms with E-state index in [4.69, 9.17) is 0 Å². The third kappa shape index (κ3) is 1.15. The molecule has 6 heteroatoms. The Kier molecular flexibility index (Phi) is 1.06. The summed E-state index contributed by atoms with van der Waals surface area (Å²) in [4.78, 5) is 0. The van der Waals surface area contributed by atoms with Crippen molar-refractivity contribution in [2.45, 2.75) is 0 Å². The average Bonchev–Trinajstić information content (AvgIpc) is 1.84. The Bertz CT molecular complexity index is 135. The number of hydrogen-bond donors (Lipinski definition) is 0. The Labute approximate surface area is 41.9 Å². The van der Waals surface area contributed by atoms with Gasteiger partial charge in [0.15, 0.2) is 5.94 Å². The lowest BCUT2D eigenvalue weighted by Crippen LogP contribution is -1.97. The molecule has 0 saturated carbocycles. The van der Waals surface area contributed by atoms with Crippen molar-refractivity contribution in [3.8, 4) is 0 Å². The minimum atomic E-state index is -3.27. The standard InChI is InChI=1S/CH3BO4S/c3-7(4)1-5-2-6-7/h2H,1H2. The van der Waals surface area contributed by atoms with Crippen molar-refractivity contribution in [2.75, 3.05) is 5.94 Å². The van der Waals surface area contributed by atoms with Crippen LogP contribution in [0.4, 0.5) is 0 Å². The van der Waals surface area contributed by atoms with Gasteiger partial charge in [-0.25, -0.2) is 0 Å². The van der Waals surface area contributed by atoms with E-state index in [1.54, 1.807) is 0 Å². The van der Waals surface area contributed by atoms with Crippen molar-refractivity contribution in [1.29, 1.82) is 0 Å². The lowest BCUT2D eigenvalue weighted by atomic mass is 10.4. The zero-order valence-electron chi connectivity index (χ0n) is 3.46. The summed E-state index contributed by atoms with van der Waals surface area (Å²) in [5, 5.41) is 0. The van der Waals surface area contributed by atoms with Gasteiger partial charge in [-0.05, 0) is 0 Å². The summed E-state index contributed by atoms with van der Waals surface area (Å²) < 4.78 is 28.6. The van der Waals surface area contributed by atoms with Gasteiger partial charge >= 0.3 is 7.69 Å². The van der Waals surface area contributed by atoms with Crippen molar-refractivity contribution >= 4 is 17.8 Å². The van der Waals surface area contributed by atoms with Gasteiger partial charge in [-0.3, -0.25) is 0 Å². The molecule has 4 nitrogen and oxygen atoms in total. The molecule has 40 valence electrons. The molecule has 0 atom stereocenters. The molecule has 0 aromatic carbocycles. The van der Waals surface area contributed by atoms with Crippen LogP contribution in [-0.2, 0) is 18.9 Å². The van der Waals surface area contributed by atoms with E-state index in [1.165, 1.54) is 0 Å². The highest BCUT2D eigenvalue weighted by Crippen LogP contribution is 1.99. The molecule has 0 radical (unpaired) electrons. The summed E-state index contributed by atoms with van der Waals surface area (Å²) in [7, 11) is -3.39. The molecule has 0 amide bonds. The molecule has 0 unspecified atom stereocenters. The minimum Gasteiger partial charge on any atom is -0.397 e. The fourth-order valence-corrected chi connectivity index (χ4v) is 0.832. The van der Waals surface area contributed by atoms with Gasteiger partial charge < -0.3 is 8.75 Å². The fourth-order valence-electron chi connectivity index (χ4n) is 0.277. The monoisotopic (exact) mass is 122 g/mol. The van der Waals surface area contributed by atoms with Crippen LogP contribution >= 0.6 is 0 Å². The van der Waals surface area contributed by atoms with Gasteiger partial charge in [0.25, 0.3) is 10.1 Å². The maximum Gasteiger partial charge on any atom is 0.456 e. The molecule has 1 aliphatic rings. The van der Waals surface area contributed by atoms with Crippen molar-refractivity contribution < 1.29 is 17.2 Å². The maximum atomic E-state index is 10.1. The SMILES string of the molecule is O=S1(=O)COBO1. The molecule has 0 aromatic rings. The van der Waals surface area contributed by atoms with Crippen molar-refractivity contribution in [1.82, 2.24) is 0 Å². The van der Waals surface area contributed by atoms with E-state index < -0.39 is 10.1 Å². The van der Waals surface area contributed by atoms with Gasteiger partial charge in [-0.2, -0.15) is 8.42 Å². The van der Waals surface area contributed by atoms with Gasteiger partial charge in [-0.1, -0.05) is 0 Å². The molecule has 0 spiro atoms. The van der Waals surface area contributed by atoms with Crippen LogP contribution < -0.4 is 0 Å². The summed E-state index contributed by atoms with van der Waals surface area (Å²) in [6, 6.07) is 0. The van der Waals surface area contributed by atoms with E-state index >= 15 is 0 Å². The highest BCUT2D eigenvalue weighted by Gasteiger charge is 2.19. The van der Waals surface area contributed by atoms with E-state index in [1.807, 2.05) is 0 Å². The molecule has 0 N–H and O–H groups in total. The Balaban J connectivity index is 2.76. The van der Waals surface area contributed by atoms with Gasteiger partial charge in [-0.15, -0.1) is 0 Å². The Morgan fingerprint density at radius 3 is 2.43 bits per heavy atom. The number of hydrogen-bond acceptors (Lipinski definition) is 4. The first-order valence-electron chi connectivity index (χ1n) is 1.65. The molecule has 1 heterocycles. The topological polar surface area (TPSA) is 52.6 Å². The molecule has 0 aliphatic carbocycles.